The number of hydrogen-bond acceptors (Lipinski definition) is 5. The number of rotatable bonds is 8. The van der Waals surface area contributed by atoms with Crippen molar-refractivity contribution in [2.75, 3.05) is 5.75 Å². The monoisotopic (exact) mass is 364 g/mol. The van der Waals surface area contributed by atoms with Gasteiger partial charge in [-0.25, -0.2) is 13.0 Å². The molecule has 126 valence electrons. The number of ether oxygens (including phenoxy) is 1. The molecule has 0 spiro atoms. The lowest BCUT2D eigenvalue weighted by Gasteiger charge is -2.08. The predicted octanol–water partition coefficient (Wildman–Crippen LogP) is 4.39. The summed E-state index contributed by atoms with van der Waals surface area (Å²) in [7, 11) is -3.54. The number of benzene rings is 2. The molecular formula is C17H17O5PS. The van der Waals surface area contributed by atoms with Crippen LogP contribution in [-0.2, 0) is 25.5 Å². The van der Waals surface area contributed by atoms with Crippen LogP contribution in [0.5, 0.6) is 11.5 Å². The van der Waals surface area contributed by atoms with Gasteiger partial charge in [-0.15, -0.1) is 0 Å². The Hall–Kier alpha value is -1.75. The fraction of sp³-hybridized carbons (Fsp3) is 0.294. The molecule has 2 aromatic carbocycles. The number of hydrogen-bond donors (Lipinski definition) is 0. The standard InChI is InChI=1S/C17H17O5PS/c18-23-21-11-13-3-5-15(6-4-13)22-16-7-9-17(10-8-16)24(19,20)12-14-1-2-14/h3-10,14H,1-2,11-12H2. The van der Waals surface area contributed by atoms with Crippen molar-refractivity contribution in [3.8, 4) is 11.5 Å². The molecule has 7 heteroatoms. The lowest BCUT2D eigenvalue weighted by Crippen LogP contribution is -2.08. The lowest BCUT2D eigenvalue weighted by molar-refractivity contribution is 0.332. The Balaban J connectivity index is 1.64. The van der Waals surface area contributed by atoms with E-state index in [9.17, 15) is 13.0 Å². The van der Waals surface area contributed by atoms with E-state index in [1.165, 1.54) is 0 Å². The van der Waals surface area contributed by atoms with Crippen molar-refractivity contribution in [1.29, 1.82) is 0 Å². The minimum absolute atomic E-state index is 0.236. The quantitative estimate of drug-likeness (QED) is 0.650. The zero-order valence-electron chi connectivity index (χ0n) is 12.9. The zero-order chi connectivity index (χ0) is 17.0. The molecule has 24 heavy (non-hydrogen) atoms. The second-order valence-electron chi connectivity index (χ2n) is 5.79. The summed E-state index contributed by atoms with van der Waals surface area (Å²) in [6, 6.07) is 13.7. The summed E-state index contributed by atoms with van der Waals surface area (Å²) in [5, 5.41) is 0. The van der Waals surface area contributed by atoms with E-state index in [4.69, 9.17) is 9.26 Å². The van der Waals surface area contributed by atoms with Crippen LogP contribution in [0.3, 0.4) is 0 Å². The first-order valence-electron chi connectivity index (χ1n) is 7.61. The van der Waals surface area contributed by atoms with Crippen molar-refractivity contribution in [3.63, 3.8) is 0 Å². The maximum Gasteiger partial charge on any atom is 0.327 e. The van der Waals surface area contributed by atoms with Gasteiger partial charge in [0, 0.05) is 0 Å². The van der Waals surface area contributed by atoms with E-state index in [1.807, 2.05) is 12.1 Å². The van der Waals surface area contributed by atoms with Gasteiger partial charge in [-0.3, -0.25) is 4.52 Å². The van der Waals surface area contributed by atoms with Crippen LogP contribution in [0.4, 0.5) is 0 Å². The summed E-state index contributed by atoms with van der Waals surface area (Å²) in [6.07, 6.45) is 2.02. The molecule has 1 saturated carbocycles. The van der Waals surface area contributed by atoms with Gasteiger partial charge in [0.05, 0.1) is 17.3 Å². The van der Waals surface area contributed by atoms with E-state index in [0.717, 1.165) is 18.4 Å². The molecule has 0 radical (unpaired) electrons. The average Bonchev–Trinajstić information content (AvgIpc) is 3.38. The molecule has 1 aliphatic rings. The van der Waals surface area contributed by atoms with E-state index < -0.39 is 9.84 Å². The highest BCUT2D eigenvalue weighted by molar-refractivity contribution is 7.91. The fourth-order valence-corrected chi connectivity index (χ4v) is 4.20. The third kappa shape index (κ3) is 4.63. The van der Waals surface area contributed by atoms with Crippen molar-refractivity contribution in [1.82, 2.24) is 0 Å². The van der Waals surface area contributed by atoms with Gasteiger partial charge in [-0.1, -0.05) is 12.1 Å². The summed E-state index contributed by atoms with van der Waals surface area (Å²) in [5.74, 6) is 1.77. The van der Waals surface area contributed by atoms with Crippen LogP contribution in [0.25, 0.3) is 0 Å². The van der Waals surface area contributed by atoms with Gasteiger partial charge in [0.15, 0.2) is 9.84 Å². The van der Waals surface area contributed by atoms with Crippen molar-refractivity contribution >= 4 is 18.5 Å². The maximum atomic E-state index is 12.2. The molecule has 0 bridgehead atoms. The van der Waals surface area contributed by atoms with Gasteiger partial charge < -0.3 is 4.74 Å². The van der Waals surface area contributed by atoms with Gasteiger partial charge >= 0.3 is 8.69 Å². The highest BCUT2D eigenvalue weighted by Crippen LogP contribution is 2.32. The van der Waals surface area contributed by atoms with Crippen LogP contribution in [-0.4, -0.2) is 14.2 Å². The zero-order valence-corrected chi connectivity index (χ0v) is 14.6. The highest BCUT2D eigenvalue weighted by Gasteiger charge is 2.28. The van der Waals surface area contributed by atoms with Crippen molar-refractivity contribution in [2.24, 2.45) is 5.92 Å². The Morgan fingerprint density at radius 3 is 2.08 bits per heavy atom. The number of sulfone groups is 1. The molecule has 0 unspecified atom stereocenters. The molecule has 0 aliphatic heterocycles. The molecular weight excluding hydrogens is 347 g/mol. The topological polar surface area (TPSA) is 69.7 Å². The van der Waals surface area contributed by atoms with Crippen molar-refractivity contribution in [3.05, 3.63) is 54.1 Å². The smallest absolute Gasteiger partial charge is 0.327 e. The Labute approximate surface area is 142 Å². The van der Waals surface area contributed by atoms with E-state index in [1.54, 1.807) is 36.4 Å². The van der Waals surface area contributed by atoms with Crippen LogP contribution in [0, 0.1) is 5.92 Å². The maximum absolute atomic E-state index is 12.2. The first-order valence-corrected chi connectivity index (χ1v) is 9.99. The van der Waals surface area contributed by atoms with E-state index in [2.05, 4.69) is 0 Å². The molecule has 0 aromatic heterocycles. The summed E-state index contributed by atoms with van der Waals surface area (Å²) in [5.41, 5.74) is 0.882. The Morgan fingerprint density at radius 1 is 0.958 bits per heavy atom. The average molecular weight is 364 g/mol. The second-order valence-corrected chi connectivity index (χ2v) is 8.23. The third-order valence-electron chi connectivity index (χ3n) is 3.78. The van der Waals surface area contributed by atoms with Gasteiger partial charge in [-0.2, -0.15) is 0 Å². The largest absolute Gasteiger partial charge is 0.457 e. The Kier molecular flexibility index (Phi) is 5.29. The Morgan fingerprint density at radius 2 is 1.54 bits per heavy atom. The van der Waals surface area contributed by atoms with E-state index in [-0.39, 0.29) is 21.0 Å². The fourth-order valence-electron chi connectivity index (χ4n) is 2.30. The molecule has 0 atom stereocenters. The molecule has 1 aliphatic carbocycles. The van der Waals surface area contributed by atoms with Crippen LogP contribution < -0.4 is 4.74 Å². The van der Waals surface area contributed by atoms with Crippen LogP contribution >= 0.6 is 8.69 Å². The summed E-state index contributed by atoms with van der Waals surface area (Å²) in [4.78, 5) is 0.339. The van der Waals surface area contributed by atoms with Gasteiger partial charge in [0.1, 0.15) is 11.5 Å². The molecule has 0 heterocycles. The molecule has 2 aromatic rings. The molecule has 5 nitrogen and oxygen atoms in total. The minimum atomic E-state index is -3.20. The van der Waals surface area contributed by atoms with Gasteiger partial charge in [-0.05, 0) is 60.7 Å². The summed E-state index contributed by atoms with van der Waals surface area (Å²) in [6.45, 7) is 0.263. The highest BCUT2D eigenvalue weighted by atomic mass is 32.2. The SMILES string of the molecule is O=POCc1ccc(Oc2ccc(S(=O)(=O)CC3CC3)cc2)cc1. The molecule has 0 saturated heterocycles. The van der Waals surface area contributed by atoms with Gasteiger partial charge in [0.2, 0.25) is 0 Å². The molecule has 0 N–H and O–H groups in total. The van der Waals surface area contributed by atoms with Crippen LogP contribution in [0.1, 0.15) is 18.4 Å². The third-order valence-corrected chi connectivity index (χ3v) is 5.91. The molecule has 1 fully saturated rings. The normalized spacial score (nSPS) is 14.7. The van der Waals surface area contributed by atoms with E-state index >= 15 is 0 Å². The van der Waals surface area contributed by atoms with Crippen LogP contribution in [0.15, 0.2) is 53.4 Å². The lowest BCUT2D eigenvalue weighted by atomic mass is 10.2. The first kappa shape index (κ1) is 17.1. The van der Waals surface area contributed by atoms with Crippen molar-refractivity contribution in [2.45, 2.75) is 24.3 Å². The predicted molar refractivity (Wildman–Crippen MR) is 90.1 cm³/mol. The van der Waals surface area contributed by atoms with Crippen LogP contribution in [0.2, 0.25) is 0 Å². The summed E-state index contributed by atoms with van der Waals surface area (Å²) >= 11 is 0. The first-order chi connectivity index (χ1) is 11.6. The summed E-state index contributed by atoms with van der Waals surface area (Å²) < 4.78 is 45.1. The molecule has 3 rings (SSSR count). The second kappa shape index (κ2) is 7.43. The Bertz CT molecular complexity index is 796. The van der Waals surface area contributed by atoms with Gasteiger partial charge in [0.25, 0.3) is 0 Å². The molecule has 0 amide bonds. The van der Waals surface area contributed by atoms with E-state index in [0.29, 0.717) is 22.3 Å². The van der Waals surface area contributed by atoms with Crippen molar-refractivity contribution < 1.29 is 22.2 Å². The minimum Gasteiger partial charge on any atom is -0.457 e.